The van der Waals surface area contributed by atoms with Crippen LogP contribution in [0.3, 0.4) is 0 Å². The molecule has 98 valence electrons. The van der Waals surface area contributed by atoms with Crippen LogP contribution in [0.15, 0.2) is 30.3 Å². The monoisotopic (exact) mass is 244 g/mol. The van der Waals surface area contributed by atoms with Gasteiger partial charge in [-0.3, -0.25) is 4.90 Å². The minimum atomic E-state index is 0.438. The molecular formula is C16H24N2. The van der Waals surface area contributed by atoms with E-state index in [0.29, 0.717) is 11.5 Å². The van der Waals surface area contributed by atoms with E-state index in [1.54, 1.807) is 0 Å². The van der Waals surface area contributed by atoms with Gasteiger partial charge in [0.1, 0.15) is 0 Å². The normalized spacial score (nSPS) is 33.1. The molecule has 1 saturated carbocycles. The SMILES string of the molecule is NC1CCCC12CCCN(Cc1ccccc1)C2. The van der Waals surface area contributed by atoms with Crippen molar-refractivity contribution in [2.75, 3.05) is 13.1 Å². The molecule has 0 radical (unpaired) electrons. The molecule has 1 saturated heterocycles. The third kappa shape index (κ3) is 2.32. The number of hydrogen-bond acceptors (Lipinski definition) is 2. The molecule has 2 N–H and O–H groups in total. The van der Waals surface area contributed by atoms with Crippen LogP contribution in [0, 0.1) is 5.41 Å². The molecule has 0 bridgehead atoms. The highest BCUT2D eigenvalue weighted by Crippen LogP contribution is 2.44. The second-order valence-corrected chi connectivity index (χ2v) is 6.16. The van der Waals surface area contributed by atoms with Crippen molar-refractivity contribution in [3.63, 3.8) is 0 Å². The molecule has 2 fully saturated rings. The first kappa shape index (κ1) is 12.2. The molecule has 1 aliphatic carbocycles. The molecule has 1 aromatic carbocycles. The minimum Gasteiger partial charge on any atom is -0.327 e. The maximum Gasteiger partial charge on any atom is 0.0233 e. The van der Waals surface area contributed by atoms with Crippen molar-refractivity contribution >= 4 is 0 Å². The first-order valence-electron chi connectivity index (χ1n) is 7.30. The Kier molecular flexibility index (Phi) is 3.40. The van der Waals surface area contributed by atoms with Gasteiger partial charge in [-0.1, -0.05) is 36.8 Å². The molecule has 2 heteroatoms. The van der Waals surface area contributed by atoms with Crippen LogP contribution in [0.4, 0.5) is 0 Å². The molecule has 1 aromatic rings. The van der Waals surface area contributed by atoms with Crippen LogP contribution in [-0.4, -0.2) is 24.0 Å². The zero-order valence-electron chi connectivity index (χ0n) is 11.1. The first-order valence-corrected chi connectivity index (χ1v) is 7.30. The van der Waals surface area contributed by atoms with Crippen LogP contribution in [0.25, 0.3) is 0 Å². The Morgan fingerprint density at radius 3 is 2.67 bits per heavy atom. The van der Waals surface area contributed by atoms with Crippen molar-refractivity contribution in [1.82, 2.24) is 4.90 Å². The van der Waals surface area contributed by atoms with Crippen LogP contribution < -0.4 is 5.73 Å². The molecule has 2 unspecified atom stereocenters. The van der Waals surface area contributed by atoms with E-state index >= 15 is 0 Å². The maximum absolute atomic E-state index is 6.37. The number of benzene rings is 1. The number of hydrogen-bond donors (Lipinski definition) is 1. The van der Waals surface area contributed by atoms with Crippen molar-refractivity contribution in [3.8, 4) is 0 Å². The van der Waals surface area contributed by atoms with E-state index in [9.17, 15) is 0 Å². The van der Waals surface area contributed by atoms with E-state index in [0.717, 1.165) is 6.54 Å². The Balaban J connectivity index is 1.67. The largest absolute Gasteiger partial charge is 0.327 e. The number of nitrogens with zero attached hydrogens (tertiary/aromatic N) is 1. The van der Waals surface area contributed by atoms with Gasteiger partial charge < -0.3 is 5.73 Å². The van der Waals surface area contributed by atoms with Gasteiger partial charge in [0.05, 0.1) is 0 Å². The quantitative estimate of drug-likeness (QED) is 0.867. The summed E-state index contributed by atoms with van der Waals surface area (Å²) in [4.78, 5) is 2.62. The molecule has 3 rings (SSSR count). The van der Waals surface area contributed by atoms with E-state index < -0.39 is 0 Å². The Hall–Kier alpha value is -0.860. The van der Waals surface area contributed by atoms with Gasteiger partial charge in [-0.2, -0.15) is 0 Å². The molecule has 0 amide bonds. The average molecular weight is 244 g/mol. The fourth-order valence-electron chi connectivity index (χ4n) is 3.91. The lowest BCUT2D eigenvalue weighted by atomic mass is 9.75. The van der Waals surface area contributed by atoms with Crippen LogP contribution >= 0.6 is 0 Å². The second-order valence-electron chi connectivity index (χ2n) is 6.16. The Morgan fingerprint density at radius 2 is 1.94 bits per heavy atom. The predicted molar refractivity (Wildman–Crippen MR) is 75.2 cm³/mol. The topological polar surface area (TPSA) is 29.3 Å². The zero-order valence-corrected chi connectivity index (χ0v) is 11.1. The molecular weight excluding hydrogens is 220 g/mol. The summed E-state index contributed by atoms with van der Waals surface area (Å²) in [6.07, 6.45) is 6.58. The van der Waals surface area contributed by atoms with Gasteiger partial charge in [-0.25, -0.2) is 0 Å². The highest BCUT2D eigenvalue weighted by Gasteiger charge is 2.43. The highest BCUT2D eigenvalue weighted by atomic mass is 15.1. The Bertz CT molecular complexity index is 389. The van der Waals surface area contributed by atoms with Crippen LogP contribution in [0.2, 0.25) is 0 Å². The molecule has 1 heterocycles. The fourth-order valence-corrected chi connectivity index (χ4v) is 3.91. The summed E-state index contributed by atoms with van der Waals surface area (Å²) in [5.74, 6) is 0. The Labute approximate surface area is 110 Å². The molecule has 1 spiro atoms. The summed E-state index contributed by atoms with van der Waals surface area (Å²) in [5.41, 5.74) is 8.24. The number of nitrogens with two attached hydrogens (primary N) is 1. The summed E-state index contributed by atoms with van der Waals surface area (Å²) in [7, 11) is 0. The van der Waals surface area contributed by atoms with Crippen molar-refractivity contribution < 1.29 is 0 Å². The van der Waals surface area contributed by atoms with Gasteiger partial charge in [0.2, 0.25) is 0 Å². The van der Waals surface area contributed by atoms with Crippen molar-refractivity contribution in [3.05, 3.63) is 35.9 Å². The van der Waals surface area contributed by atoms with Crippen LogP contribution in [-0.2, 0) is 6.54 Å². The molecule has 2 atom stereocenters. The summed E-state index contributed by atoms with van der Waals surface area (Å²) >= 11 is 0. The maximum atomic E-state index is 6.37. The predicted octanol–water partition coefficient (Wildman–Crippen LogP) is 2.78. The van der Waals surface area contributed by atoms with Crippen LogP contribution in [0.5, 0.6) is 0 Å². The summed E-state index contributed by atoms with van der Waals surface area (Å²) in [5, 5.41) is 0. The molecule has 0 aromatic heterocycles. The minimum absolute atomic E-state index is 0.438. The van der Waals surface area contributed by atoms with Gasteiger partial charge in [0, 0.05) is 19.1 Å². The summed E-state index contributed by atoms with van der Waals surface area (Å²) < 4.78 is 0. The fraction of sp³-hybridized carbons (Fsp3) is 0.625. The van der Waals surface area contributed by atoms with Gasteiger partial charge in [0.15, 0.2) is 0 Å². The van der Waals surface area contributed by atoms with Crippen LogP contribution in [0.1, 0.15) is 37.7 Å². The second kappa shape index (κ2) is 5.02. The Morgan fingerprint density at radius 1 is 1.17 bits per heavy atom. The van der Waals surface area contributed by atoms with E-state index in [-0.39, 0.29) is 0 Å². The standard InChI is InChI=1S/C16H24N2/c17-15-8-4-9-16(15)10-5-11-18(13-16)12-14-6-2-1-3-7-14/h1-3,6-7,15H,4-5,8-13,17H2. The highest BCUT2D eigenvalue weighted by molar-refractivity contribution is 5.15. The lowest BCUT2D eigenvalue weighted by molar-refractivity contribution is 0.0747. The average Bonchev–Trinajstić information content (AvgIpc) is 2.72. The number of rotatable bonds is 2. The molecule has 2 nitrogen and oxygen atoms in total. The molecule has 2 aliphatic rings. The van der Waals surface area contributed by atoms with Crippen molar-refractivity contribution in [2.45, 2.75) is 44.7 Å². The van der Waals surface area contributed by atoms with Gasteiger partial charge in [-0.05, 0) is 43.2 Å². The van der Waals surface area contributed by atoms with Gasteiger partial charge in [-0.15, -0.1) is 0 Å². The lowest BCUT2D eigenvalue weighted by Gasteiger charge is -2.43. The van der Waals surface area contributed by atoms with Gasteiger partial charge >= 0.3 is 0 Å². The summed E-state index contributed by atoms with van der Waals surface area (Å²) in [6.45, 7) is 3.54. The third-order valence-corrected chi connectivity index (χ3v) is 4.91. The van der Waals surface area contributed by atoms with E-state index in [1.807, 2.05) is 0 Å². The van der Waals surface area contributed by atoms with E-state index in [1.165, 1.54) is 50.8 Å². The smallest absolute Gasteiger partial charge is 0.0233 e. The molecule has 1 aliphatic heterocycles. The molecule has 18 heavy (non-hydrogen) atoms. The summed E-state index contributed by atoms with van der Waals surface area (Å²) in [6, 6.07) is 11.3. The number of likely N-dealkylation sites (tertiary alicyclic amines) is 1. The van der Waals surface area contributed by atoms with E-state index in [4.69, 9.17) is 5.73 Å². The number of piperidine rings is 1. The van der Waals surface area contributed by atoms with Crippen molar-refractivity contribution in [2.24, 2.45) is 11.1 Å². The van der Waals surface area contributed by atoms with E-state index in [2.05, 4.69) is 35.2 Å². The third-order valence-electron chi connectivity index (χ3n) is 4.91. The first-order chi connectivity index (χ1) is 8.78. The lowest BCUT2D eigenvalue weighted by Crippen LogP contribution is -2.49. The van der Waals surface area contributed by atoms with Gasteiger partial charge in [0.25, 0.3) is 0 Å². The zero-order chi connectivity index (χ0) is 12.4. The van der Waals surface area contributed by atoms with Crippen molar-refractivity contribution in [1.29, 1.82) is 0 Å².